The third-order valence-electron chi connectivity index (χ3n) is 4.57. The maximum Gasteiger partial charge on any atom is 0.140 e. The van der Waals surface area contributed by atoms with Gasteiger partial charge < -0.3 is 5.11 Å². The van der Waals surface area contributed by atoms with Gasteiger partial charge in [-0.3, -0.25) is 9.80 Å². The quantitative estimate of drug-likeness (QED) is 0.911. The molecule has 2 heterocycles. The largest absolute Gasteiger partial charge is 0.389 e. The lowest BCUT2D eigenvalue weighted by Crippen LogP contribution is -2.44. The number of likely N-dealkylation sites (tertiary alicyclic amines) is 2. The first-order chi connectivity index (χ1) is 9.72. The summed E-state index contributed by atoms with van der Waals surface area (Å²) >= 11 is 0. The second-order valence-corrected chi connectivity index (χ2v) is 6.03. The monoisotopic (exact) mass is 278 g/mol. The van der Waals surface area contributed by atoms with Crippen LogP contribution in [0.15, 0.2) is 30.3 Å². The Morgan fingerprint density at radius 3 is 2.40 bits per heavy atom. The van der Waals surface area contributed by atoms with E-state index in [1.807, 2.05) is 6.07 Å². The van der Waals surface area contributed by atoms with Gasteiger partial charge in [0.1, 0.15) is 6.17 Å². The zero-order valence-electron chi connectivity index (χ0n) is 11.8. The molecule has 0 amide bonds. The molecule has 2 aliphatic heterocycles. The van der Waals surface area contributed by atoms with Gasteiger partial charge in [-0.2, -0.15) is 0 Å². The van der Waals surface area contributed by atoms with E-state index in [-0.39, 0.29) is 0 Å². The minimum Gasteiger partial charge on any atom is -0.389 e. The average Bonchev–Trinajstić information content (AvgIpc) is 2.81. The smallest absolute Gasteiger partial charge is 0.140 e. The van der Waals surface area contributed by atoms with Crippen LogP contribution < -0.4 is 0 Å². The molecule has 0 aromatic heterocycles. The molecule has 1 aromatic carbocycles. The van der Waals surface area contributed by atoms with E-state index in [1.165, 1.54) is 5.56 Å². The summed E-state index contributed by atoms with van der Waals surface area (Å²) in [6, 6.07) is 11.0. The number of halogens is 1. The zero-order valence-corrected chi connectivity index (χ0v) is 11.8. The highest BCUT2D eigenvalue weighted by Crippen LogP contribution is 2.23. The lowest BCUT2D eigenvalue weighted by atomic mass is 10.0. The number of rotatable bonds is 3. The van der Waals surface area contributed by atoms with Crippen LogP contribution in [0.3, 0.4) is 0 Å². The summed E-state index contributed by atoms with van der Waals surface area (Å²) in [4.78, 5) is 4.60. The molecule has 3 rings (SSSR count). The first kappa shape index (κ1) is 14.0. The van der Waals surface area contributed by atoms with Crippen molar-refractivity contribution in [1.82, 2.24) is 9.80 Å². The highest BCUT2D eigenvalue weighted by Gasteiger charge is 2.36. The molecule has 0 saturated carbocycles. The minimum absolute atomic E-state index is 0.407. The second-order valence-electron chi connectivity index (χ2n) is 6.03. The number of aliphatic hydroxyl groups is 1. The van der Waals surface area contributed by atoms with Gasteiger partial charge in [0.15, 0.2) is 0 Å². The van der Waals surface area contributed by atoms with E-state index in [0.29, 0.717) is 19.1 Å². The van der Waals surface area contributed by atoms with E-state index in [0.717, 1.165) is 32.5 Å². The van der Waals surface area contributed by atoms with Crippen LogP contribution in [-0.4, -0.2) is 59.4 Å². The van der Waals surface area contributed by atoms with Gasteiger partial charge in [-0.1, -0.05) is 30.3 Å². The molecule has 110 valence electrons. The molecule has 0 radical (unpaired) electrons. The molecule has 1 aromatic rings. The lowest BCUT2D eigenvalue weighted by molar-refractivity contribution is 0.101. The maximum absolute atomic E-state index is 13.4. The molecule has 2 saturated heterocycles. The maximum atomic E-state index is 13.4. The summed E-state index contributed by atoms with van der Waals surface area (Å²) in [5.74, 6) is 0. The number of piperidine rings is 1. The number of alkyl halides is 1. The number of benzene rings is 1. The fourth-order valence-electron chi connectivity index (χ4n) is 3.36. The van der Waals surface area contributed by atoms with Crippen LogP contribution in [-0.2, 0) is 6.54 Å². The van der Waals surface area contributed by atoms with Crippen molar-refractivity contribution in [1.29, 1.82) is 0 Å². The first-order valence-corrected chi connectivity index (χ1v) is 7.55. The molecule has 20 heavy (non-hydrogen) atoms. The van der Waals surface area contributed by atoms with Crippen molar-refractivity contribution in [3.63, 3.8) is 0 Å². The van der Waals surface area contributed by atoms with E-state index in [4.69, 9.17) is 0 Å². The van der Waals surface area contributed by atoms with Crippen molar-refractivity contribution in [3.05, 3.63) is 35.9 Å². The van der Waals surface area contributed by atoms with Crippen molar-refractivity contribution < 1.29 is 9.50 Å². The van der Waals surface area contributed by atoms with Crippen LogP contribution in [0.5, 0.6) is 0 Å². The number of nitrogens with zero attached hydrogens (tertiary/aromatic N) is 2. The van der Waals surface area contributed by atoms with Crippen molar-refractivity contribution in [3.8, 4) is 0 Å². The summed E-state index contributed by atoms with van der Waals surface area (Å²) in [5.41, 5.74) is 1.35. The molecule has 2 aliphatic rings. The predicted octanol–water partition coefficient (Wildman–Crippen LogP) is 1.67. The third kappa shape index (κ3) is 3.19. The van der Waals surface area contributed by atoms with E-state index in [2.05, 4.69) is 34.1 Å². The van der Waals surface area contributed by atoms with E-state index >= 15 is 0 Å². The summed E-state index contributed by atoms with van der Waals surface area (Å²) < 4.78 is 13.4. The van der Waals surface area contributed by atoms with Gasteiger partial charge in [-0.25, -0.2) is 4.39 Å². The Bertz CT molecular complexity index is 410. The number of hydrogen-bond donors (Lipinski definition) is 1. The van der Waals surface area contributed by atoms with Gasteiger partial charge in [0.25, 0.3) is 0 Å². The molecule has 2 atom stereocenters. The van der Waals surface area contributed by atoms with Gasteiger partial charge in [-0.15, -0.1) is 0 Å². The minimum atomic E-state index is -1.06. The van der Waals surface area contributed by atoms with Crippen molar-refractivity contribution in [2.45, 2.75) is 37.7 Å². The van der Waals surface area contributed by atoms with Crippen LogP contribution in [0.25, 0.3) is 0 Å². The van der Waals surface area contributed by atoms with Crippen LogP contribution in [0.4, 0.5) is 4.39 Å². The summed E-state index contributed by atoms with van der Waals surface area (Å²) in [7, 11) is 0. The van der Waals surface area contributed by atoms with Crippen LogP contribution in [0.2, 0.25) is 0 Å². The third-order valence-corrected chi connectivity index (χ3v) is 4.57. The molecule has 3 nitrogen and oxygen atoms in total. The molecule has 1 N–H and O–H groups in total. The van der Waals surface area contributed by atoms with E-state index < -0.39 is 12.3 Å². The van der Waals surface area contributed by atoms with E-state index in [1.54, 1.807) is 0 Å². The Kier molecular flexibility index (Phi) is 4.34. The molecule has 4 heteroatoms. The SMILES string of the molecule is O[C@@H]1CN(C2CCN(Cc3ccccc3)CC2)C[C@H]1F. The Balaban J connectivity index is 1.48. The van der Waals surface area contributed by atoms with Gasteiger partial charge in [-0.05, 0) is 31.5 Å². The number of aliphatic hydroxyl groups excluding tert-OH is 1. The number of hydrogen-bond acceptors (Lipinski definition) is 3. The average molecular weight is 278 g/mol. The molecule has 0 bridgehead atoms. The Hall–Kier alpha value is -0.970. The van der Waals surface area contributed by atoms with Crippen molar-refractivity contribution >= 4 is 0 Å². The first-order valence-electron chi connectivity index (χ1n) is 7.55. The molecule has 0 unspecified atom stereocenters. The van der Waals surface area contributed by atoms with Gasteiger partial charge in [0.05, 0.1) is 6.10 Å². The molecule has 2 fully saturated rings. The predicted molar refractivity (Wildman–Crippen MR) is 77.2 cm³/mol. The van der Waals surface area contributed by atoms with Crippen LogP contribution >= 0.6 is 0 Å². The fourth-order valence-corrected chi connectivity index (χ4v) is 3.36. The second kappa shape index (κ2) is 6.20. The van der Waals surface area contributed by atoms with Crippen molar-refractivity contribution in [2.75, 3.05) is 26.2 Å². The molecular formula is C16H23FN2O. The Morgan fingerprint density at radius 1 is 1.10 bits per heavy atom. The van der Waals surface area contributed by atoms with Gasteiger partial charge >= 0.3 is 0 Å². The van der Waals surface area contributed by atoms with Gasteiger partial charge in [0, 0.05) is 25.7 Å². The zero-order chi connectivity index (χ0) is 13.9. The summed E-state index contributed by atoms with van der Waals surface area (Å²) in [6.07, 6.45) is 0.313. The van der Waals surface area contributed by atoms with Crippen LogP contribution in [0.1, 0.15) is 18.4 Å². The Morgan fingerprint density at radius 2 is 1.80 bits per heavy atom. The topological polar surface area (TPSA) is 26.7 Å². The number of β-amino-alcohol motifs (C(OH)–C–C–N with tert-alkyl or cyclic N) is 1. The van der Waals surface area contributed by atoms with Gasteiger partial charge in [0.2, 0.25) is 0 Å². The molecule has 0 spiro atoms. The summed E-state index contributed by atoms with van der Waals surface area (Å²) in [5, 5.41) is 9.52. The van der Waals surface area contributed by atoms with Crippen molar-refractivity contribution in [2.24, 2.45) is 0 Å². The fraction of sp³-hybridized carbons (Fsp3) is 0.625. The highest BCUT2D eigenvalue weighted by molar-refractivity contribution is 5.14. The van der Waals surface area contributed by atoms with E-state index in [9.17, 15) is 9.50 Å². The Labute approximate surface area is 120 Å². The molecule has 0 aliphatic carbocycles. The standard InChI is InChI=1S/C16H23FN2O/c17-15-11-19(12-16(15)20)14-6-8-18(9-7-14)10-13-4-2-1-3-5-13/h1-5,14-16,20H,6-12H2/t15-,16-/m1/s1. The molecular weight excluding hydrogens is 255 g/mol. The highest BCUT2D eigenvalue weighted by atomic mass is 19.1. The lowest BCUT2D eigenvalue weighted by Gasteiger charge is -2.36. The van der Waals surface area contributed by atoms with Crippen LogP contribution in [0, 0.1) is 0 Å². The summed E-state index contributed by atoms with van der Waals surface area (Å²) in [6.45, 7) is 4.03. The normalized spacial score (nSPS) is 29.9.